The van der Waals surface area contributed by atoms with E-state index in [9.17, 15) is 9.59 Å². The number of carbonyl (C=O) groups excluding carboxylic acids is 1. The van der Waals surface area contributed by atoms with Crippen LogP contribution in [-0.2, 0) is 9.59 Å². The van der Waals surface area contributed by atoms with Gasteiger partial charge in [0.25, 0.3) is 0 Å². The lowest BCUT2D eigenvalue weighted by Crippen LogP contribution is -2.37. The van der Waals surface area contributed by atoms with Crippen LogP contribution in [0.4, 0.5) is 0 Å². The van der Waals surface area contributed by atoms with Crippen molar-refractivity contribution in [2.45, 2.75) is 32.2 Å². The number of carbonyl (C=O) groups is 2. The highest BCUT2D eigenvalue weighted by Crippen LogP contribution is 2.33. The Labute approximate surface area is 95.0 Å². The van der Waals surface area contributed by atoms with Gasteiger partial charge in [0.15, 0.2) is 0 Å². The van der Waals surface area contributed by atoms with Crippen LogP contribution in [0.5, 0.6) is 0 Å². The first-order valence-corrected chi connectivity index (χ1v) is 5.45. The fourth-order valence-electron chi connectivity index (χ4n) is 1.51. The minimum atomic E-state index is -0.866. The molecular formula is C12H17NO3. The van der Waals surface area contributed by atoms with E-state index in [0.717, 1.165) is 12.8 Å². The maximum atomic E-state index is 11.4. The number of hydrogen-bond donors (Lipinski definition) is 2. The Kier molecular flexibility index (Phi) is 4.76. The molecule has 0 aromatic rings. The van der Waals surface area contributed by atoms with Crippen LogP contribution in [0, 0.1) is 5.92 Å². The van der Waals surface area contributed by atoms with Crippen LogP contribution in [0.25, 0.3) is 0 Å². The highest BCUT2D eigenvalue weighted by molar-refractivity contribution is 5.88. The predicted molar refractivity (Wildman–Crippen MR) is 60.9 cm³/mol. The number of rotatable bonds is 6. The first-order chi connectivity index (χ1) is 7.63. The van der Waals surface area contributed by atoms with Gasteiger partial charge in [-0.3, -0.25) is 9.59 Å². The third-order valence-electron chi connectivity index (χ3n) is 2.46. The third-order valence-corrected chi connectivity index (χ3v) is 2.46. The van der Waals surface area contributed by atoms with Crippen LogP contribution in [0.15, 0.2) is 24.3 Å². The van der Waals surface area contributed by atoms with Crippen LogP contribution in [0.1, 0.15) is 26.2 Å². The van der Waals surface area contributed by atoms with Gasteiger partial charge in [-0.05, 0) is 25.7 Å². The van der Waals surface area contributed by atoms with Crippen LogP contribution in [0.3, 0.4) is 0 Å². The summed E-state index contributed by atoms with van der Waals surface area (Å²) in [7, 11) is 0. The van der Waals surface area contributed by atoms with E-state index < -0.39 is 5.97 Å². The van der Waals surface area contributed by atoms with Crippen molar-refractivity contribution in [1.29, 1.82) is 0 Å². The number of carboxylic acids is 1. The van der Waals surface area contributed by atoms with E-state index >= 15 is 0 Å². The Bertz CT molecular complexity index is 316. The van der Waals surface area contributed by atoms with Crippen molar-refractivity contribution in [1.82, 2.24) is 5.32 Å². The van der Waals surface area contributed by atoms with Gasteiger partial charge in [0.1, 0.15) is 0 Å². The van der Waals surface area contributed by atoms with E-state index in [1.54, 1.807) is 12.2 Å². The second-order valence-corrected chi connectivity index (χ2v) is 3.94. The number of amides is 1. The molecule has 1 saturated carbocycles. The molecule has 0 saturated heterocycles. The zero-order valence-corrected chi connectivity index (χ0v) is 9.35. The SMILES string of the molecule is CC=CC=CC(=O)NC(CC(=O)O)C1CC1. The van der Waals surface area contributed by atoms with Gasteiger partial charge in [-0.15, -0.1) is 0 Å². The Morgan fingerprint density at radius 2 is 2.12 bits per heavy atom. The van der Waals surface area contributed by atoms with Crippen LogP contribution in [-0.4, -0.2) is 23.0 Å². The molecular weight excluding hydrogens is 206 g/mol. The summed E-state index contributed by atoms with van der Waals surface area (Å²) in [4.78, 5) is 22.0. The number of hydrogen-bond acceptors (Lipinski definition) is 2. The normalized spacial score (nSPS) is 17.8. The van der Waals surface area contributed by atoms with Crippen molar-refractivity contribution in [3.63, 3.8) is 0 Å². The van der Waals surface area contributed by atoms with Crippen LogP contribution < -0.4 is 5.32 Å². The molecule has 1 amide bonds. The molecule has 1 aliphatic carbocycles. The van der Waals surface area contributed by atoms with Gasteiger partial charge in [-0.2, -0.15) is 0 Å². The Morgan fingerprint density at radius 3 is 2.62 bits per heavy atom. The predicted octanol–water partition coefficient (Wildman–Crippen LogP) is 1.49. The monoisotopic (exact) mass is 223 g/mol. The largest absolute Gasteiger partial charge is 0.481 e. The van der Waals surface area contributed by atoms with Gasteiger partial charge < -0.3 is 10.4 Å². The van der Waals surface area contributed by atoms with Crippen molar-refractivity contribution >= 4 is 11.9 Å². The van der Waals surface area contributed by atoms with Gasteiger partial charge in [0.2, 0.25) is 5.91 Å². The summed E-state index contributed by atoms with van der Waals surface area (Å²) >= 11 is 0. The molecule has 0 spiro atoms. The van der Waals surface area contributed by atoms with E-state index in [-0.39, 0.29) is 18.4 Å². The molecule has 0 aromatic heterocycles. The third kappa shape index (κ3) is 4.77. The molecule has 0 aromatic carbocycles. The Hall–Kier alpha value is -1.58. The minimum absolute atomic E-state index is 0.00780. The lowest BCUT2D eigenvalue weighted by atomic mass is 10.1. The van der Waals surface area contributed by atoms with Crippen LogP contribution in [0.2, 0.25) is 0 Å². The number of allylic oxidation sites excluding steroid dienone is 3. The van der Waals surface area contributed by atoms with E-state index in [2.05, 4.69) is 5.32 Å². The second kappa shape index (κ2) is 6.10. The van der Waals surface area contributed by atoms with Crippen molar-refractivity contribution in [3.8, 4) is 0 Å². The molecule has 1 rings (SSSR count). The molecule has 0 bridgehead atoms. The number of aliphatic carboxylic acids is 1. The lowest BCUT2D eigenvalue weighted by Gasteiger charge is -2.14. The quantitative estimate of drug-likeness (QED) is 0.529. The van der Waals surface area contributed by atoms with Crippen molar-refractivity contribution in [2.75, 3.05) is 0 Å². The summed E-state index contributed by atoms with van der Waals surface area (Å²) < 4.78 is 0. The summed E-state index contributed by atoms with van der Waals surface area (Å²) in [6.45, 7) is 1.86. The van der Waals surface area contributed by atoms with Crippen molar-refractivity contribution in [2.24, 2.45) is 5.92 Å². The molecule has 1 fully saturated rings. The highest BCUT2D eigenvalue weighted by atomic mass is 16.4. The van der Waals surface area contributed by atoms with Gasteiger partial charge in [0, 0.05) is 12.1 Å². The average molecular weight is 223 g/mol. The first kappa shape index (κ1) is 12.5. The van der Waals surface area contributed by atoms with Crippen molar-refractivity contribution < 1.29 is 14.7 Å². The summed E-state index contributed by atoms with van der Waals surface area (Å²) in [5, 5.41) is 11.4. The standard InChI is InChI=1S/C12H17NO3/c1-2-3-4-5-11(14)13-10(8-12(15)16)9-6-7-9/h2-5,9-10H,6-8H2,1H3,(H,13,14)(H,15,16). The molecule has 1 aliphatic rings. The molecule has 1 unspecified atom stereocenters. The zero-order valence-electron chi connectivity index (χ0n) is 9.35. The van der Waals surface area contributed by atoms with Crippen LogP contribution >= 0.6 is 0 Å². The van der Waals surface area contributed by atoms with Gasteiger partial charge in [0.05, 0.1) is 6.42 Å². The number of nitrogens with one attached hydrogen (secondary N) is 1. The first-order valence-electron chi connectivity index (χ1n) is 5.45. The molecule has 0 radical (unpaired) electrons. The smallest absolute Gasteiger partial charge is 0.305 e. The Balaban J connectivity index is 2.41. The number of carboxylic acid groups (broad SMARTS) is 1. The molecule has 16 heavy (non-hydrogen) atoms. The molecule has 2 N–H and O–H groups in total. The molecule has 4 nitrogen and oxygen atoms in total. The Morgan fingerprint density at radius 1 is 1.44 bits per heavy atom. The lowest BCUT2D eigenvalue weighted by molar-refractivity contribution is -0.137. The molecule has 0 aliphatic heterocycles. The summed E-state index contributed by atoms with van der Waals surface area (Å²) in [6.07, 6.45) is 8.65. The maximum absolute atomic E-state index is 11.4. The van der Waals surface area contributed by atoms with Gasteiger partial charge in [-0.25, -0.2) is 0 Å². The van der Waals surface area contributed by atoms with Gasteiger partial charge >= 0.3 is 5.97 Å². The van der Waals surface area contributed by atoms with E-state index in [1.165, 1.54) is 6.08 Å². The van der Waals surface area contributed by atoms with Crippen molar-refractivity contribution in [3.05, 3.63) is 24.3 Å². The van der Waals surface area contributed by atoms with Gasteiger partial charge in [-0.1, -0.05) is 18.2 Å². The topological polar surface area (TPSA) is 66.4 Å². The molecule has 88 valence electrons. The fourth-order valence-corrected chi connectivity index (χ4v) is 1.51. The fraction of sp³-hybridized carbons (Fsp3) is 0.500. The summed E-state index contributed by atoms with van der Waals surface area (Å²) in [5.41, 5.74) is 0. The van der Waals surface area contributed by atoms with E-state index in [0.29, 0.717) is 5.92 Å². The minimum Gasteiger partial charge on any atom is -0.481 e. The zero-order chi connectivity index (χ0) is 12.0. The molecule has 0 heterocycles. The molecule has 4 heteroatoms. The van der Waals surface area contributed by atoms with E-state index in [4.69, 9.17) is 5.11 Å². The second-order valence-electron chi connectivity index (χ2n) is 3.94. The molecule has 1 atom stereocenters. The highest BCUT2D eigenvalue weighted by Gasteiger charge is 2.33. The summed E-state index contributed by atoms with van der Waals surface area (Å²) in [5.74, 6) is -0.749. The average Bonchev–Trinajstić information content (AvgIpc) is 2.99. The summed E-state index contributed by atoms with van der Waals surface area (Å²) in [6, 6.07) is -0.222. The van der Waals surface area contributed by atoms with E-state index in [1.807, 2.05) is 13.0 Å². The maximum Gasteiger partial charge on any atom is 0.305 e.